The van der Waals surface area contributed by atoms with Crippen LogP contribution in [0.5, 0.6) is 11.5 Å². The summed E-state index contributed by atoms with van der Waals surface area (Å²) >= 11 is 0. The third-order valence-corrected chi connectivity index (χ3v) is 3.77. The zero-order valence-electron chi connectivity index (χ0n) is 12.2. The molecule has 0 saturated carbocycles. The number of hydrogen-bond donors (Lipinski definition) is 1. The van der Waals surface area contributed by atoms with Crippen LogP contribution in [-0.2, 0) is 6.54 Å². The van der Waals surface area contributed by atoms with Crippen LogP contribution in [0.2, 0.25) is 0 Å². The van der Waals surface area contributed by atoms with Gasteiger partial charge in [-0.1, -0.05) is 32.9 Å². The Balaban J connectivity index is 1.97. The lowest BCUT2D eigenvalue weighted by Gasteiger charge is -2.17. The van der Waals surface area contributed by atoms with Crippen molar-refractivity contribution < 1.29 is 9.47 Å². The second kappa shape index (κ2) is 6.80. The maximum Gasteiger partial charge on any atom is 0.165 e. The molecule has 1 aromatic rings. The van der Waals surface area contributed by atoms with Crippen molar-refractivity contribution in [2.24, 2.45) is 11.8 Å². The van der Waals surface area contributed by atoms with Gasteiger partial charge in [0.2, 0.25) is 0 Å². The summed E-state index contributed by atoms with van der Waals surface area (Å²) in [4.78, 5) is 0. The molecule has 1 aromatic carbocycles. The van der Waals surface area contributed by atoms with Crippen molar-refractivity contribution in [3.05, 3.63) is 23.8 Å². The number of nitrogens with one attached hydrogen (secondary N) is 1. The number of rotatable bonds is 5. The lowest BCUT2D eigenvalue weighted by atomic mass is 9.98. The highest BCUT2D eigenvalue weighted by atomic mass is 16.5. The molecule has 0 amide bonds. The fourth-order valence-electron chi connectivity index (χ4n) is 2.06. The van der Waals surface area contributed by atoms with Gasteiger partial charge in [-0.2, -0.15) is 0 Å². The molecule has 1 unspecified atom stereocenters. The molecule has 0 spiro atoms. The van der Waals surface area contributed by atoms with Gasteiger partial charge in [-0.3, -0.25) is 0 Å². The topological polar surface area (TPSA) is 30.5 Å². The van der Waals surface area contributed by atoms with Crippen LogP contribution < -0.4 is 14.8 Å². The van der Waals surface area contributed by atoms with Crippen LogP contribution >= 0.6 is 0 Å². The number of ether oxygens (including phenoxy) is 2. The molecule has 1 N–H and O–H groups in total. The zero-order valence-corrected chi connectivity index (χ0v) is 12.2. The van der Waals surface area contributed by atoms with Crippen molar-refractivity contribution in [1.29, 1.82) is 0 Å². The molecule has 1 heterocycles. The molecule has 1 atom stereocenters. The Kier molecular flexibility index (Phi) is 5.08. The number of hydrogen-bond acceptors (Lipinski definition) is 3. The molecular weight excluding hydrogens is 238 g/mol. The van der Waals surface area contributed by atoms with Gasteiger partial charge in [-0.15, -0.1) is 0 Å². The van der Waals surface area contributed by atoms with Crippen LogP contribution in [0.25, 0.3) is 0 Å². The smallest absolute Gasteiger partial charge is 0.165 e. The van der Waals surface area contributed by atoms with Gasteiger partial charge >= 0.3 is 0 Å². The van der Waals surface area contributed by atoms with Crippen molar-refractivity contribution in [3.8, 4) is 11.5 Å². The highest BCUT2D eigenvalue weighted by Crippen LogP contribution is 2.33. The molecule has 3 heteroatoms. The first-order valence-electron chi connectivity index (χ1n) is 7.26. The molecule has 0 saturated heterocycles. The molecular formula is C16H25NO2. The van der Waals surface area contributed by atoms with Crippen LogP contribution in [0.15, 0.2) is 18.2 Å². The van der Waals surface area contributed by atoms with Gasteiger partial charge in [-0.25, -0.2) is 0 Å². The summed E-state index contributed by atoms with van der Waals surface area (Å²) in [5.41, 5.74) is 1.19. The lowest BCUT2D eigenvalue weighted by molar-refractivity contribution is 0.295. The zero-order chi connectivity index (χ0) is 13.7. The Morgan fingerprint density at radius 1 is 1.16 bits per heavy atom. The van der Waals surface area contributed by atoms with Gasteiger partial charge in [0.15, 0.2) is 11.5 Å². The van der Waals surface area contributed by atoms with Crippen molar-refractivity contribution in [3.63, 3.8) is 0 Å². The third kappa shape index (κ3) is 3.87. The number of benzene rings is 1. The van der Waals surface area contributed by atoms with E-state index >= 15 is 0 Å². The van der Waals surface area contributed by atoms with E-state index in [1.54, 1.807) is 0 Å². The molecule has 0 bridgehead atoms. The predicted octanol–water partition coefficient (Wildman–Crippen LogP) is 3.23. The molecule has 0 aliphatic carbocycles. The first-order chi connectivity index (χ1) is 9.18. The minimum atomic E-state index is 0.680. The van der Waals surface area contributed by atoms with Gasteiger partial charge in [0.05, 0.1) is 13.2 Å². The third-order valence-electron chi connectivity index (χ3n) is 3.77. The molecule has 0 fully saturated rings. The molecule has 0 aromatic heterocycles. The summed E-state index contributed by atoms with van der Waals surface area (Å²) in [5.74, 6) is 3.19. The van der Waals surface area contributed by atoms with Gasteiger partial charge < -0.3 is 14.8 Å². The van der Waals surface area contributed by atoms with Gasteiger partial charge in [0.1, 0.15) is 0 Å². The van der Waals surface area contributed by atoms with E-state index in [1.165, 1.54) is 5.56 Å². The van der Waals surface area contributed by atoms with Crippen molar-refractivity contribution in [2.45, 2.75) is 33.7 Å². The van der Waals surface area contributed by atoms with Crippen LogP contribution in [0.4, 0.5) is 0 Å². The Bertz CT molecular complexity index is 404. The molecule has 106 valence electrons. The summed E-state index contributed by atoms with van der Waals surface area (Å²) in [6, 6.07) is 6.14. The highest BCUT2D eigenvalue weighted by Gasteiger charge is 2.14. The summed E-state index contributed by atoms with van der Waals surface area (Å²) in [5, 5.41) is 3.52. The monoisotopic (exact) mass is 263 g/mol. The molecule has 1 aliphatic heterocycles. The van der Waals surface area contributed by atoms with Crippen molar-refractivity contribution in [2.75, 3.05) is 19.8 Å². The highest BCUT2D eigenvalue weighted by molar-refractivity contribution is 5.47. The number of para-hydroxylation sites is 1. The van der Waals surface area contributed by atoms with Crippen LogP contribution in [0.3, 0.4) is 0 Å². The average molecular weight is 263 g/mol. The largest absolute Gasteiger partial charge is 0.490 e. The van der Waals surface area contributed by atoms with E-state index in [0.717, 1.165) is 44.2 Å². The fourth-order valence-corrected chi connectivity index (χ4v) is 2.06. The van der Waals surface area contributed by atoms with Gasteiger partial charge in [-0.05, 0) is 24.4 Å². The van der Waals surface area contributed by atoms with Crippen LogP contribution in [-0.4, -0.2) is 19.8 Å². The van der Waals surface area contributed by atoms with Crippen LogP contribution in [0.1, 0.15) is 32.8 Å². The Morgan fingerprint density at radius 3 is 2.74 bits per heavy atom. The summed E-state index contributed by atoms with van der Waals surface area (Å²) in [6.07, 6.45) is 0.950. The van der Waals surface area contributed by atoms with Gasteiger partial charge in [0.25, 0.3) is 0 Å². The average Bonchev–Trinajstić information content (AvgIpc) is 2.64. The SMILES string of the molecule is CC(C)C(C)CNCc1cccc2c1OCCCO2. The first kappa shape index (κ1) is 14.2. The Hall–Kier alpha value is -1.22. The van der Waals surface area contributed by atoms with E-state index in [2.05, 4.69) is 32.2 Å². The standard InChI is InChI=1S/C16H25NO2/c1-12(2)13(3)10-17-11-14-6-4-7-15-16(14)19-9-5-8-18-15/h4,6-7,12-13,17H,5,8-11H2,1-3H3. The van der Waals surface area contributed by atoms with E-state index in [4.69, 9.17) is 9.47 Å². The molecule has 3 nitrogen and oxygen atoms in total. The summed E-state index contributed by atoms with van der Waals surface area (Å²) in [7, 11) is 0. The Morgan fingerprint density at radius 2 is 1.95 bits per heavy atom. The number of fused-ring (bicyclic) bond motifs is 1. The Labute approximate surface area is 116 Å². The first-order valence-corrected chi connectivity index (χ1v) is 7.26. The van der Waals surface area contributed by atoms with Crippen molar-refractivity contribution in [1.82, 2.24) is 5.32 Å². The van der Waals surface area contributed by atoms with E-state index in [0.29, 0.717) is 11.8 Å². The van der Waals surface area contributed by atoms with Crippen molar-refractivity contribution >= 4 is 0 Å². The second-order valence-electron chi connectivity index (χ2n) is 5.65. The van der Waals surface area contributed by atoms with Crippen LogP contribution in [0, 0.1) is 11.8 Å². The summed E-state index contributed by atoms with van der Waals surface area (Å²) < 4.78 is 11.5. The van der Waals surface area contributed by atoms with Gasteiger partial charge in [0, 0.05) is 18.5 Å². The van der Waals surface area contributed by atoms with E-state index < -0.39 is 0 Å². The minimum Gasteiger partial charge on any atom is -0.490 e. The maximum atomic E-state index is 5.82. The van der Waals surface area contributed by atoms with E-state index in [-0.39, 0.29) is 0 Å². The minimum absolute atomic E-state index is 0.680. The lowest BCUT2D eigenvalue weighted by Crippen LogP contribution is -2.24. The molecule has 0 radical (unpaired) electrons. The second-order valence-corrected chi connectivity index (χ2v) is 5.65. The fraction of sp³-hybridized carbons (Fsp3) is 0.625. The predicted molar refractivity (Wildman–Crippen MR) is 77.8 cm³/mol. The van der Waals surface area contributed by atoms with E-state index in [9.17, 15) is 0 Å². The molecule has 19 heavy (non-hydrogen) atoms. The molecule has 2 rings (SSSR count). The maximum absolute atomic E-state index is 5.82. The quantitative estimate of drug-likeness (QED) is 0.884. The van der Waals surface area contributed by atoms with E-state index in [1.807, 2.05) is 12.1 Å². The summed E-state index contributed by atoms with van der Waals surface area (Å²) in [6.45, 7) is 10.2. The normalized spacial score (nSPS) is 16.2. The molecule has 1 aliphatic rings.